The zero-order valence-electron chi connectivity index (χ0n) is 14.3. The molecule has 0 unspecified atom stereocenters. The van der Waals surface area contributed by atoms with Gasteiger partial charge < -0.3 is 15.0 Å². The Kier molecular flexibility index (Phi) is 6.03. The normalized spacial score (nSPS) is 17.2. The van der Waals surface area contributed by atoms with Crippen LogP contribution in [0.25, 0.3) is 0 Å². The maximum absolute atomic E-state index is 12.6. The Morgan fingerprint density at radius 1 is 1.15 bits per heavy atom. The van der Waals surface area contributed by atoms with E-state index in [0.29, 0.717) is 30.2 Å². The largest absolute Gasteiger partial charge is 0.482 e. The number of ether oxygens (including phenoxy) is 1. The number of likely N-dealkylation sites (tertiary alicyclic amines) is 1. The van der Waals surface area contributed by atoms with Gasteiger partial charge >= 0.3 is 0 Å². The van der Waals surface area contributed by atoms with Crippen molar-refractivity contribution in [3.05, 3.63) is 18.2 Å². The number of amides is 3. The molecular weight excluding hydrogens is 417 g/mol. The second-order valence-corrected chi connectivity index (χ2v) is 8.63. The predicted molar refractivity (Wildman–Crippen MR) is 104 cm³/mol. The average Bonchev–Trinajstić information content (AvgIpc) is 2.64. The minimum atomic E-state index is -2.12. The zero-order valence-corrected chi connectivity index (χ0v) is 16.6. The molecule has 0 atom stereocenters. The molecule has 1 aromatic rings. The molecule has 0 aromatic heterocycles. The van der Waals surface area contributed by atoms with Crippen LogP contribution in [0.3, 0.4) is 0 Å². The highest BCUT2D eigenvalue weighted by Crippen LogP contribution is 2.35. The number of nitrogens with one attached hydrogen (secondary N) is 1. The first-order valence-corrected chi connectivity index (χ1v) is 9.62. The second-order valence-electron chi connectivity index (χ2n) is 6.34. The molecule has 2 heterocycles. The van der Waals surface area contributed by atoms with Crippen molar-refractivity contribution >= 4 is 63.9 Å². The Morgan fingerprint density at radius 2 is 1.85 bits per heavy atom. The molecule has 7 nitrogen and oxygen atoms in total. The van der Waals surface area contributed by atoms with Crippen molar-refractivity contribution in [2.24, 2.45) is 0 Å². The number of fused-ring (bicyclic) bond motifs is 1. The molecule has 0 spiro atoms. The van der Waals surface area contributed by atoms with Crippen LogP contribution in [0.4, 0.5) is 11.4 Å². The minimum absolute atomic E-state index is 0.0863. The van der Waals surface area contributed by atoms with Gasteiger partial charge in [-0.15, -0.1) is 0 Å². The molecule has 3 rings (SSSR count). The van der Waals surface area contributed by atoms with Crippen LogP contribution >= 0.6 is 34.8 Å². The number of benzene rings is 1. The molecule has 2 aliphatic heterocycles. The summed E-state index contributed by atoms with van der Waals surface area (Å²) in [6.45, 7) is 1.16. The summed E-state index contributed by atoms with van der Waals surface area (Å²) >= 11 is 16.7. The Bertz CT molecular complexity index is 760. The molecule has 1 aromatic carbocycles. The number of carbonyl (C=O) groups excluding carboxylic acids is 3. The first-order chi connectivity index (χ1) is 12.8. The fourth-order valence-electron chi connectivity index (χ4n) is 3.03. The van der Waals surface area contributed by atoms with Gasteiger partial charge in [-0.3, -0.25) is 19.3 Å². The highest BCUT2D eigenvalue weighted by molar-refractivity contribution is 6.76. The summed E-state index contributed by atoms with van der Waals surface area (Å²) in [5.41, 5.74) is 0.706. The standard InChI is InChI=1S/C17H18Cl3N3O4/c18-17(19,20)16(26)21-11-4-5-13-12(8-11)23(15(25)10-27-13)9-14(24)22-6-2-1-3-7-22/h4-5,8H,1-3,6-7,9-10H2,(H,21,26). The third-order valence-electron chi connectivity index (χ3n) is 4.42. The van der Waals surface area contributed by atoms with E-state index in [1.54, 1.807) is 17.0 Å². The number of piperidine rings is 1. The molecular formula is C17H18Cl3N3O4. The Morgan fingerprint density at radius 3 is 2.52 bits per heavy atom. The van der Waals surface area contributed by atoms with Gasteiger partial charge in [0.25, 0.3) is 15.6 Å². The van der Waals surface area contributed by atoms with Crippen molar-refractivity contribution in [3.63, 3.8) is 0 Å². The molecule has 0 aliphatic carbocycles. The predicted octanol–water partition coefficient (Wildman–Crippen LogP) is 2.73. The number of alkyl halides is 3. The smallest absolute Gasteiger partial charge is 0.276 e. The highest BCUT2D eigenvalue weighted by atomic mass is 35.6. The van der Waals surface area contributed by atoms with Gasteiger partial charge in [0, 0.05) is 18.8 Å². The van der Waals surface area contributed by atoms with Gasteiger partial charge in [0.15, 0.2) is 6.61 Å². The van der Waals surface area contributed by atoms with E-state index in [-0.39, 0.29) is 25.0 Å². The van der Waals surface area contributed by atoms with Gasteiger partial charge in [-0.25, -0.2) is 0 Å². The Hall–Kier alpha value is -1.70. The Balaban J connectivity index is 1.80. The fourth-order valence-corrected chi connectivity index (χ4v) is 3.18. The SMILES string of the molecule is O=C(CN1C(=O)COc2ccc(NC(=O)C(Cl)(Cl)Cl)cc21)N1CCCCC1. The summed E-state index contributed by atoms with van der Waals surface area (Å²) in [5, 5.41) is 2.46. The van der Waals surface area contributed by atoms with Gasteiger partial charge in [0.1, 0.15) is 12.3 Å². The average molecular weight is 435 g/mol. The molecule has 146 valence electrons. The number of hydrogen-bond donors (Lipinski definition) is 1. The number of carbonyl (C=O) groups is 3. The van der Waals surface area contributed by atoms with Crippen LogP contribution in [0.2, 0.25) is 0 Å². The third-order valence-corrected chi connectivity index (χ3v) is 4.93. The lowest BCUT2D eigenvalue weighted by atomic mass is 10.1. The molecule has 3 amide bonds. The van der Waals surface area contributed by atoms with E-state index >= 15 is 0 Å². The maximum Gasteiger partial charge on any atom is 0.276 e. The van der Waals surface area contributed by atoms with Gasteiger partial charge in [-0.05, 0) is 37.5 Å². The summed E-state index contributed by atoms with van der Waals surface area (Å²) in [5.74, 6) is -0.844. The summed E-state index contributed by atoms with van der Waals surface area (Å²) in [6, 6.07) is 4.67. The summed E-state index contributed by atoms with van der Waals surface area (Å²) in [6.07, 6.45) is 3.04. The third kappa shape index (κ3) is 4.78. The second kappa shape index (κ2) is 8.12. The Labute approximate surface area is 171 Å². The molecule has 1 saturated heterocycles. The van der Waals surface area contributed by atoms with Crippen LogP contribution in [0.5, 0.6) is 5.75 Å². The lowest BCUT2D eigenvalue weighted by molar-refractivity contribution is -0.132. The highest BCUT2D eigenvalue weighted by Gasteiger charge is 2.32. The van der Waals surface area contributed by atoms with Crippen molar-refractivity contribution in [1.29, 1.82) is 0 Å². The van der Waals surface area contributed by atoms with Crippen LogP contribution in [0, 0.1) is 0 Å². The van der Waals surface area contributed by atoms with Crippen molar-refractivity contribution in [1.82, 2.24) is 4.90 Å². The van der Waals surface area contributed by atoms with Crippen LogP contribution in [0.1, 0.15) is 19.3 Å². The maximum atomic E-state index is 12.6. The van der Waals surface area contributed by atoms with Gasteiger partial charge in [-0.2, -0.15) is 0 Å². The topological polar surface area (TPSA) is 79.0 Å². The number of rotatable bonds is 3. The lowest BCUT2D eigenvalue weighted by Gasteiger charge is -2.33. The molecule has 10 heteroatoms. The first kappa shape index (κ1) is 20.0. The molecule has 27 heavy (non-hydrogen) atoms. The van der Waals surface area contributed by atoms with E-state index in [1.165, 1.54) is 11.0 Å². The van der Waals surface area contributed by atoms with Crippen molar-refractivity contribution in [2.75, 3.05) is 36.5 Å². The van der Waals surface area contributed by atoms with E-state index in [4.69, 9.17) is 39.5 Å². The van der Waals surface area contributed by atoms with Crippen molar-refractivity contribution in [2.45, 2.75) is 23.1 Å². The van der Waals surface area contributed by atoms with Gasteiger partial charge in [-0.1, -0.05) is 34.8 Å². The molecule has 0 radical (unpaired) electrons. The van der Waals surface area contributed by atoms with Crippen LogP contribution in [-0.2, 0) is 14.4 Å². The van der Waals surface area contributed by atoms with E-state index in [2.05, 4.69) is 5.32 Å². The number of nitrogens with zero attached hydrogens (tertiary/aromatic N) is 2. The van der Waals surface area contributed by atoms with E-state index in [9.17, 15) is 14.4 Å². The molecule has 1 N–H and O–H groups in total. The number of halogens is 3. The first-order valence-electron chi connectivity index (χ1n) is 8.49. The number of hydrogen-bond acceptors (Lipinski definition) is 4. The fraction of sp³-hybridized carbons (Fsp3) is 0.471. The molecule has 0 saturated carbocycles. The van der Waals surface area contributed by atoms with Crippen molar-refractivity contribution < 1.29 is 19.1 Å². The number of anilines is 2. The zero-order chi connectivity index (χ0) is 19.6. The summed E-state index contributed by atoms with van der Waals surface area (Å²) in [7, 11) is 0. The monoisotopic (exact) mass is 433 g/mol. The van der Waals surface area contributed by atoms with E-state index < -0.39 is 9.70 Å². The van der Waals surface area contributed by atoms with Crippen LogP contribution in [0.15, 0.2) is 18.2 Å². The van der Waals surface area contributed by atoms with E-state index in [0.717, 1.165) is 19.3 Å². The summed E-state index contributed by atoms with van der Waals surface area (Å²) in [4.78, 5) is 39.9. The summed E-state index contributed by atoms with van der Waals surface area (Å²) < 4.78 is 3.29. The van der Waals surface area contributed by atoms with Gasteiger partial charge in [0.05, 0.1) is 5.69 Å². The van der Waals surface area contributed by atoms with E-state index in [1.807, 2.05) is 0 Å². The quantitative estimate of drug-likeness (QED) is 0.742. The molecule has 2 aliphatic rings. The lowest BCUT2D eigenvalue weighted by Crippen LogP contribution is -2.47. The van der Waals surface area contributed by atoms with Crippen LogP contribution in [-0.4, -0.2) is 52.7 Å². The van der Waals surface area contributed by atoms with Gasteiger partial charge in [0.2, 0.25) is 5.91 Å². The van der Waals surface area contributed by atoms with Crippen LogP contribution < -0.4 is 15.0 Å². The van der Waals surface area contributed by atoms with Crippen molar-refractivity contribution in [3.8, 4) is 5.75 Å². The molecule has 1 fully saturated rings. The molecule has 0 bridgehead atoms. The minimum Gasteiger partial charge on any atom is -0.482 e.